The highest BCUT2D eigenvalue weighted by Gasteiger charge is 2.36. The van der Waals surface area contributed by atoms with E-state index in [1.165, 1.54) is 38.5 Å². The van der Waals surface area contributed by atoms with Crippen molar-refractivity contribution >= 4 is 8.58 Å². The standard InChI is InChI=1S/C18H27P/c1-3-5-11-17(13-7-8-14-17)19-18(12-6-4-2)15-9-10-16-18/h7-10,13-16,19H,3-6,11-12H2,1-2H3. The maximum absolute atomic E-state index is 2.45. The summed E-state index contributed by atoms with van der Waals surface area (Å²) in [6, 6.07) is 0. The van der Waals surface area contributed by atoms with Gasteiger partial charge in [-0.25, -0.2) is 0 Å². The Balaban J connectivity index is 2.10. The van der Waals surface area contributed by atoms with Crippen LogP contribution in [-0.2, 0) is 0 Å². The zero-order valence-electron chi connectivity index (χ0n) is 12.4. The Labute approximate surface area is 120 Å². The Morgan fingerprint density at radius 2 is 1.05 bits per heavy atom. The van der Waals surface area contributed by atoms with E-state index in [-0.39, 0.29) is 0 Å². The molecule has 0 amide bonds. The van der Waals surface area contributed by atoms with Gasteiger partial charge >= 0.3 is 0 Å². The van der Waals surface area contributed by atoms with E-state index >= 15 is 0 Å². The highest BCUT2D eigenvalue weighted by atomic mass is 31.1. The number of hydrogen-bond donors (Lipinski definition) is 0. The average Bonchev–Trinajstić information content (AvgIpc) is 3.05. The summed E-state index contributed by atoms with van der Waals surface area (Å²) in [6.07, 6.45) is 26.7. The van der Waals surface area contributed by atoms with Gasteiger partial charge in [0.05, 0.1) is 0 Å². The van der Waals surface area contributed by atoms with Gasteiger partial charge in [-0.3, -0.25) is 0 Å². The second kappa shape index (κ2) is 6.71. The third-order valence-corrected chi connectivity index (χ3v) is 6.25. The van der Waals surface area contributed by atoms with Gasteiger partial charge in [0.1, 0.15) is 0 Å². The van der Waals surface area contributed by atoms with Crippen molar-refractivity contribution in [3.63, 3.8) is 0 Å². The smallest absolute Gasteiger partial charge is 0.0251 e. The van der Waals surface area contributed by atoms with E-state index in [9.17, 15) is 0 Å². The van der Waals surface area contributed by atoms with Crippen LogP contribution in [0.25, 0.3) is 0 Å². The Kier molecular flexibility index (Phi) is 5.22. The van der Waals surface area contributed by atoms with Crippen LogP contribution < -0.4 is 0 Å². The molecular weight excluding hydrogens is 247 g/mol. The van der Waals surface area contributed by atoms with Gasteiger partial charge in [-0.1, -0.05) is 96.7 Å². The van der Waals surface area contributed by atoms with Gasteiger partial charge in [0, 0.05) is 10.3 Å². The minimum atomic E-state index is 0.336. The lowest BCUT2D eigenvalue weighted by atomic mass is 10.0. The van der Waals surface area contributed by atoms with Gasteiger partial charge in [-0.15, -0.1) is 0 Å². The molecule has 0 spiro atoms. The lowest BCUT2D eigenvalue weighted by molar-refractivity contribution is 0.642. The molecule has 19 heavy (non-hydrogen) atoms. The van der Waals surface area contributed by atoms with Gasteiger partial charge in [-0.05, 0) is 12.8 Å². The Morgan fingerprint density at radius 3 is 1.37 bits per heavy atom. The van der Waals surface area contributed by atoms with E-state index in [4.69, 9.17) is 0 Å². The zero-order chi connectivity index (χ0) is 13.6. The van der Waals surface area contributed by atoms with Crippen molar-refractivity contribution in [2.75, 3.05) is 0 Å². The second-order valence-electron chi connectivity index (χ2n) is 5.85. The van der Waals surface area contributed by atoms with Gasteiger partial charge < -0.3 is 0 Å². The van der Waals surface area contributed by atoms with Gasteiger partial charge in [0.2, 0.25) is 0 Å². The fraction of sp³-hybridized carbons (Fsp3) is 0.556. The quantitative estimate of drug-likeness (QED) is 0.492. The summed E-state index contributed by atoms with van der Waals surface area (Å²) >= 11 is 0. The maximum Gasteiger partial charge on any atom is 0.0251 e. The van der Waals surface area contributed by atoms with Crippen LogP contribution in [0.4, 0.5) is 0 Å². The fourth-order valence-corrected chi connectivity index (χ4v) is 5.21. The SMILES string of the molecule is CCCCC1(PC2(CCCC)C=CC=C2)C=CC=C1. The molecule has 104 valence electrons. The first-order chi connectivity index (χ1) is 9.24. The number of allylic oxidation sites excluding steroid dienone is 8. The molecule has 0 heterocycles. The highest BCUT2D eigenvalue weighted by Crippen LogP contribution is 2.54. The largest absolute Gasteiger partial charge is 0.0930 e. The monoisotopic (exact) mass is 274 g/mol. The molecule has 0 fully saturated rings. The molecule has 0 radical (unpaired) electrons. The van der Waals surface area contributed by atoms with E-state index in [1.54, 1.807) is 0 Å². The zero-order valence-corrected chi connectivity index (χ0v) is 13.4. The van der Waals surface area contributed by atoms with E-state index < -0.39 is 0 Å². The molecule has 0 saturated heterocycles. The first-order valence-electron chi connectivity index (χ1n) is 7.78. The van der Waals surface area contributed by atoms with E-state index in [2.05, 4.69) is 62.5 Å². The average molecular weight is 274 g/mol. The van der Waals surface area contributed by atoms with Crippen LogP contribution in [0.1, 0.15) is 52.4 Å². The molecule has 0 aromatic carbocycles. The summed E-state index contributed by atoms with van der Waals surface area (Å²) in [4.78, 5) is 0. The molecular formula is C18H27P. The number of hydrogen-bond acceptors (Lipinski definition) is 0. The first-order valence-corrected chi connectivity index (χ1v) is 8.78. The lowest BCUT2D eigenvalue weighted by Gasteiger charge is -2.36. The van der Waals surface area contributed by atoms with E-state index in [0.29, 0.717) is 10.3 Å². The molecule has 0 unspecified atom stereocenters. The Morgan fingerprint density at radius 1 is 0.684 bits per heavy atom. The molecule has 0 saturated carbocycles. The van der Waals surface area contributed by atoms with Crippen molar-refractivity contribution in [2.45, 2.75) is 62.7 Å². The molecule has 2 aliphatic rings. The summed E-state index contributed by atoms with van der Waals surface area (Å²) in [5, 5.41) is 0.672. The van der Waals surface area contributed by atoms with Crippen LogP contribution in [0.3, 0.4) is 0 Å². The van der Waals surface area contributed by atoms with Crippen LogP contribution >= 0.6 is 8.58 Å². The Bertz CT molecular complexity index is 336. The van der Waals surface area contributed by atoms with E-state index in [1.807, 2.05) is 0 Å². The van der Waals surface area contributed by atoms with E-state index in [0.717, 1.165) is 8.58 Å². The normalized spacial score (nSPS) is 21.6. The molecule has 0 nitrogen and oxygen atoms in total. The topological polar surface area (TPSA) is 0 Å². The van der Waals surface area contributed by atoms with Crippen LogP contribution in [-0.4, -0.2) is 10.3 Å². The van der Waals surface area contributed by atoms with Gasteiger partial charge in [0.15, 0.2) is 0 Å². The van der Waals surface area contributed by atoms with Crippen LogP contribution in [0.15, 0.2) is 48.6 Å². The Hall–Kier alpha value is -0.610. The van der Waals surface area contributed by atoms with Crippen molar-refractivity contribution in [3.8, 4) is 0 Å². The van der Waals surface area contributed by atoms with Crippen molar-refractivity contribution in [2.24, 2.45) is 0 Å². The molecule has 0 N–H and O–H groups in total. The van der Waals surface area contributed by atoms with Crippen molar-refractivity contribution < 1.29 is 0 Å². The predicted octanol–water partition coefficient (Wildman–Crippen LogP) is 5.77. The van der Waals surface area contributed by atoms with Gasteiger partial charge in [-0.2, -0.15) is 0 Å². The van der Waals surface area contributed by atoms with Crippen LogP contribution in [0, 0.1) is 0 Å². The van der Waals surface area contributed by atoms with Crippen LogP contribution in [0.2, 0.25) is 0 Å². The molecule has 2 rings (SSSR count). The first kappa shape index (κ1) is 14.8. The van der Waals surface area contributed by atoms with Crippen molar-refractivity contribution in [1.82, 2.24) is 0 Å². The molecule has 0 atom stereocenters. The third-order valence-electron chi connectivity index (χ3n) is 4.15. The number of unbranched alkanes of at least 4 members (excludes halogenated alkanes) is 2. The molecule has 0 bridgehead atoms. The van der Waals surface area contributed by atoms with Crippen molar-refractivity contribution in [1.29, 1.82) is 0 Å². The van der Waals surface area contributed by atoms with Crippen molar-refractivity contribution in [3.05, 3.63) is 48.6 Å². The summed E-state index contributed by atoms with van der Waals surface area (Å²) in [5.41, 5.74) is 0. The van der Waals surface area contributed by atoms with Gasteiger partial charge in [0.25, 0.3) is 0 Å². The minimum Gasteiger partial charge on any atom is -0.0930 e. The minimum absolute atomic E-state index is 0.336. The molecule has 1 heteroatoms. The molecule has 0 aromatic heterocycles. The molecule has 0 aromatic rings. The highest BCUT2D eigenvalue weighted by molar-refractivity contribution is 7.43. The second-order valence-corrected chi connectivity index (χ2v) is 7.96. The number of rotatable bonds is 8. The van der Waals surface area contributed by atoms with Crippen LogP contribution in [0.5, 0.6) is 0 Å². The predicted molar refractivity (Wildman–Crippen MR) is 89.4 cm³/mol. The summed E-state index contributed by atoms with van der Waals surface area (Å²) < 4.78 is 0. The third kappa shape index (κ3) is 3.69. The maximum atomic E-state index is 2.45. The summed E-state index contributed by atoms with van der Waals surface area (Å²) in [7, 11) is 0.953. The summed E-state index contributed by atoms with van der Waals surface area (Å²) in [5.74, 6) is 0. The summed E-state index contributed by atoms with van der Waals surface area (Å²) in [6.45, 7) is 4.59. The fourth-order valence-electron chi connectivity index (χ4n) is 3.02. The molecule has 2 aliphatic carbocycles. The molecule has 0 aliphatic heterocycles. The lowest BCUT2D eigenvalue weighted by Crippen LogP contribution is -2.26.